The van der Waals surface area contributed by atoms with Crippen molar-refractivity contribution in [1.29, 1.82) is 0 Å². The molecular formula is C60H54N2O9. The van der Waals surface area contributed by atoms with Gasteiger partial charge in [0.05, 0.1) is 16.8 Å². The van der Waals surface area contributed by atoms with Gasteiger partial charge in [-0.2, -0.15) is 0 Å². The Morgan fingerprint density at radius 1 is 0.366 bits per heavy atom. The molecule has 9 N–H and O–H groups in total. The monoisotopic (exact) mass is 946 g/mol. The summed E-state index contributed by atoms with van der Waals surface area (Å²) >= 11 is 0. The molecule has 9 aromatic rings. The quantitative estimate of drug-likeness (QED) is 0.0380. The molecule has 11 nitrogen and oxygen atoms in total. The van der Waals surface area contributed by atoms with E-state index in [1.54, 1.807) is 36.4 Å². The maximum atomic E-state index is 10.7. The van der Waals surface area contributed by atoms with Crippen molar-refractivity contribution >= 4 is 44.9 Å². The number of terminal acetylenes is 1. The first-order chi connectivity index (χ1) is 34.3. The minimum absolute atomic E-state index is 0.0272. The lowest BCUT2D eigenvalue weighted by Crippen LogP contribution is -2.10. The maximum absolute atomic E-state index is 10.7. The normalized spacial score (nSPS) is 10.6. The molecule has 0 fully saturated rings. The summed E-state index contributed by atoms with van der Waals surface area (Å²) in [5, 5.41) is 95.7. The molecule has 11 heteroatoms. The fraction of sp³-hybridized carbons (Fsp3) is 0.100. The van der Waals surface area contributed by atoms with Crippen LogP contribution in [0.3, 0.4) is 0 Å². The molecule has 0 spiro atoms. The second kappa shape index (κ2) is 21.7. The molecule has 0 amide bonds. The summed E-state index contributed by atoms with van der Waals surface area (Å²) in [5.74, 6) is -4.11. The van der Waals surface area contributed by atoms with Crippen LogP contribution in [-0.2, 0) is 0 Å². The third-order valence-electron chi connectivity index (χ3n) is 11.6. The lowest BCUT2D eigenvalue weighted by molar-refractivity contribution is 0.330. The number of nitrogens with zero attached hydrogens (tertiary/aromatic N) is 2. The highest BCUT2D eigenvalue weighted by Crippen LogP contribution is 2.55. The Kier molecular flexibility index (Phi) is 15.1. The zero-order valence-electron chi connectivity index (χ0n) is 39.6. The van der Waals surface area contributed by atoms with E-state index in [0.29, 0.717) is 5.56 Å². The minimum atomic E-state index is -1.02. The lowest BCUT2D eigenvalue weighted by Gasteiger charge is -2.27. The Labute approximate surface area is 412 Å². The number of hydrogen-bond acceptors (Lipinski definition) is 11. The number of para-hydroxylation sites is 1. The molecular weight excluding hydrogens is 893 g/mol. The average Bonchev–Trinajstić information content (AvgIpc) is 3.41. The van der Waals surface area contributed by atoms with Gasteiger partial charge in [-0.05, 0) is 101 Å². The summed E-state index contributed by atoms with van der Waals surface area (Å²) < 4.78 is 0. The summed E-state index contributed by atoms with van der Waals surface area (Å²) in [6, 6.07) is 54.0. The Hall–Kier alpha value is -9.40. The molecule has 9 aromatic carbocycles. The van der Waals surface area contributed by atoms with Gasteiger partial charge in [0.1, 0.15) is 0 Å². The molecule has 0 unspecified atom stereocenters. The largest absolute Gasteiger partial charge is 0.504 e. The van der Waals surface area contributed by atoms with Gasteiger partial charge in [-0.25, -0.2) is 0 Å². The van der Waals surface area contributed by atoms with Gasteiger partial charge in [-0.15, -0.1) is 12.3 Å². The predicted molar refractivity (Wildman–Crippen MR) is 284 cm³/mol. The van der Waals surface area contributed by atoms with Crippen LogP contribution in [0.15, 0.2) is 170 Å². The van der Waals surface area contributed by atoms with E-state index in [9.17, 15) is 46.0 Å². The van der Waals surface area contributed by atoms with Crippen molar-refractivity contribution < 1.29 is 46.0 Å². The summed E-state index contributed by atoms with van der Waals surface area (Å²) in [7, 11) is 0. The Morgan fingerprint density at radius 2 is 0.690 bits per heavy atom. The smallest absolute Gasteiger partial charge is 0.208 e. The van der Waals surface area contributed by atoms with E-state index in [2.05, 4.69) is 29.6 Å². The first-order valence-corrected chi connectivity index (χ1v) is 22.9. The van der Waals surface area contributed by atoms with Gasteiger partial charge in [0.25, 0.3) is 0 Å². The molecule has 0 aliphatic carbocycles. The van der Waals surface area contributed by atoms with Gasteiger partial charge >= 0.3 is 0 Å². The molecule has 0 atom stereocenters. The average molecular weight is 947 g/mol. The Morgan fingerprint density at radius 3 is 1.11 bits per heavy atom. The SMILES string of the molecule is C#CCC.CCC.Cc1c(O)c(O)c(-c2ccc(N(c3ccccc3)c3ccc(-c4ccc(N(c5ccc(-c6c(O)c(O)c(O)c(O)c6O)cc5)c5cccc6ccccc56)cc4)cc3)cc2)c(O)c1O. The van der Waals surface area contributed by atoms with Crippen molar-refractivity contribution in [3.05, 3.63) is 175 Å². The molecule has 71 heavy (non-hydrogen) atoms. The highest BCUT2D eigenvalue weighted by atomic mass is 16.4. The molecule has 0 saturated carbocycles. The zero-order chi connectivity index (χ0) is 50.9. The van der Waals surface area contributed by atoms with E-state index in [4.69, 9.17) is 6.42 Å². The molecule has 358 valence electrons. The van der Waals surface area contributed by atoms with Crippen LogP contribution in [0.1, 0.15) is 39.2 Å². The van der Waals surface area contributed by atoms with Crippen molar-refractivity contribution in [1.82, 2.24) is 0 Å². The topological polar surface area (TPSA) is 189 Å². The lowest BCUT2D eigenvalue weighted by atomic mass is 9.99. The number of rotatable bonds is 9. The number of aromatic hydroxyl groups is 9. The van der Waals surface area contributed by atoms with Crippen molar-refractivity contribution in [2.75, 3.05) is 9.80 Å². The van der Waals surface area contributed by atoms with Crippen LogP contribution in [0.5, 0.6) is 51.7 Å². The minimum Gasteiger partial charge on any atom is -0.504 e. The molecule has 0 aliphatic heterocycles. The van der Waals surface area contributed by atoms with Crippen LogP contribution < -0.4 is 9.80 Å². The van der Waals surface area contributed by atoms with Gasteiger partial charge in [0.2, 0.25) is 17.2 Å². The third kappa shape index (κ3) is 9.95. The van der Waals surface area contributed by atoms with Crippen molar-refractivity contribution in [2.24, 2.45) is 0 Å². The number of hydrogen-bond donors (Lipinski definition) is 9. The van der Waals surface area contributed by atoms with E-state index in [1.165, 1.54) is 13.3 Å². The fourth-order valence-electron chi connectivity index (χ4n) is 8.06. The number of fused-ring (bicyclic) bond motifs is 1. The van der Waals surface area contributed by atoms with Crippen molar-refractivity contribution in [3.8, 4) is 97.5 Å². The standard InChI is InChI=1S/C53H40N2O9.C4H6.C3H8/c1-30-45(56)47(58)43(48(59)46(30)57)34-18-26-38(27-19-34)54(36-10-3-2-4-11-36)37-22-14-31(15-23-37)32-16-24-39(25-17-32)55(42-13-7-9-33-8-5-6-12-41(33)42)40-28-20-35(21-29-40)44-49(60)51(62)53(64)52(63)50(44)61;1-3-4-2;1-3-2/h2-29,56-64H,1H3;1H,4H2,2H3;3H2,1-2H3. The van der Waals surface area contributed by atoms with Crippen molar-refractivity contribution in [2.45, 2.75) is 40.5 Å². The maximum Gasteiger partial charge on any atom is 0.208 e. The number of benzene rings is 9. The van der Waals surface area contributed by atoms with Gasteiger partial charge in [-0.3, -0.25) is 0 Å². The van der Waals surface area contributed by atoms with Crippen LogP contribution in [0, 0.1) is 19.3 Å². The first-order valence-electron chi connectivity index (χ1n) is 22.9. The van der Waals surface area contributed by atoms with Gasteiger partial charge in [0, 0.05) is 45.8 Å². The summed E-state index contributed by atoms with van der Waals surface area (Å²) in [5.41, 5.74) is 7.26. The van der Waals surface area contributed by atoms with Gasteiger partial charge in [-0.1, -0.05) is 130 Å². The molecule has 9 rings (SSSR count). The van der Waals surface area contributed by atoms with E-state index in [1.807, 2.05) is 140 Å². The summed E-state index contributed by atoms with van der Waals surface area (Å²) in [6.45, 7) is 7.59. The van der Waals surface area contributed by atoms with E-state index < -0.39 is 51.7 Å². The molecule has 0 bridgehead atoms. The zero-order valence-corrected chi connectivity index (χ0v) is 39.6. The van der Waals surface area contributed by atoms with Crippen LogP contribution in [0.2, 0.25) is 0 Å². The van der Waals surface area contributed by atoms with Crippen LogP contribution >= 0.6 is 0 Å². The summed E-state index contributed by atoms with van der Waals surface area (Å²) in [4.78, 5) is 4.14. The van der Waals surface area contributed by atoms with Gasteiger partial charge in [0.15, 0.2) is 34.5 Å². The van der Waals surface area contributed by atoms with E-state index in [0.717, 1.165) is 62.4 Å². The Bertz CT molecular complexity index is 3270. The number of phenolic OH excluding ortho intramolecular Hbond substituents is 9. The molecule has 0 aliphatic rings. The van der Waals surface area contributed by atoms with E-state index >= 15 is 0 Å². The Balaban J connectivity index is 0.000000997. The van der Waals surface area contributed by atoms with Crippen LogP contribution in [0.4, 0.5) is 34.1 Å². The van der Waals surface area contributed by atoms with Crippen LogP contribution in [-0.4, -0.2) is 46.0 Å². The first kappa shape index (κ1) is 49.5. The van der Waals surface area contributed by atoms with E-state index in [-0.39, 0.29) is 22.3 Å². The molecule has 0 aromatic heterocycles. The molecule has 0 saturated heterocycles. The molecule has 0 radical (unpaired) electrons. The summed E-state index contributed by atoms with van der Waals surface area (Å²) in [6.07, 6.45) is 6.88. The fourth-order valence-corrected chi connectivity index (χ4v) is 8.06. The van der Waals surface area contributed by atoms with Crippen LogP contribution in [0.25, 0.3) is 44.2 Å². The highest BCUT2D eigenvalue weighted by Gasteiger charge is 2.26. The number of phenols is 9. The highest BCUT2D eigenvalue weighted by molar-refractivity contribution is 5.99. The second-order valence-electron chi connectivity index (χ2n) is 16.5. The predicted octanol–water partition coefficient (Wildman–Crippen LogP) is 14.9. The number of anilines is 6. The molecule has 0 heterocycles. The van der Waals surface area contributed by atoms with Crippen molar-refractivity contribution in [3.63, 3.8) is 0 Å². The van der Waals surface area contributed by atoms with Gasteiger partial charge < -0.3 is 55.8 Å². The third-order valence-corrected chi connectivity index (χ3v) is 11.6. The second-order valence-corrected chi connectivity index (χ2v) is 16.5.